The summed E-state index contributed by atoms with van der Waals surface area (Å²) in [7, 11) is 0. The van der Waals surface area contributed by atoms with Crippen molar-refractivity contribution in [3.05, 3.63) is 35.4 Å². The van der Waals surface area contributed by atoms with E-state index in [-0.39, 0.29) is 5.56 Å². The second-order valence-electron chi connectivity index (χ2n) is 3.77. The van der Waals surface area contributed by atoms with E-state index in [1.165, 1.54) is 6.07 Å². The Morgan fingerprint density at radius 1 is 1.27 bits per heavy atom. The maximum absolute atomic E-state index is 13.1. The maximum atomic E-state index is 13.1. The molecule has 0 atom stereocenters. The van der Waals surface area contributed by atoms with Crippen LogP contribution < -0.4 is 0 Å². The molecule has 0 aliphatic heterocycles. The summed E-state index contributed by atoms with van der Waals surface area (Å²) in [5, 5.41) is 0. The minimum absolute atomic E-state index is 0.381. The zero-order valence-corrected chi connectivity index (χ0v) is 8.48. The van der Waals surface area contributed by atoms with Crippen LogP contribution in [0, 0.1) is 11.6 Å². The highest BCUT2D eigenvalue weighted by atomic mass is 19.1. The molecule has 0 aliphatic carbocycles. The van der Waals surface area contributed by atoms with Crippen molar-refractivity contribution in [1.82, 2.24) is 0 Å². The molecule has 0 fully saturated rings. The maximum Gasteiger partial charge on any atom is 0.173 e. The molecule has 1 nitrogen and oxygen atoms in total. The molecule has 0 spiro atoms. The molecule has 1 rings (SSSR count). The fraction of sp³-hybridized carbons (Fsp3) is 0.364. The van der Waals surface area contributed by atoms with Crippen LogP contribution in [0.15, 0.2) is 18.2 Å². The van der Waals surface area contributed by atoms with Crippen LogP contribution in [-0.4, -0.2) is 11.5 Å². The Hall–Kier alpha value is -1.32. The molecule has 0 radical (unpaired) electrons. The van der Waals surface area contributed by atoms with Gasteiger partial charge in [-0.1, -0.05) is 6.07 Å². The van der Waals surface area contributed by atoms with Crippen molar-refractivity contribution in [3.8, 4) is 0 Å². The van der Waals surface area contributed by atoms with Crippen LogP contribution in [0.2, 0.25) is 0 Å². The van der Waals surface area contributed by atoms with Gasteiger partial charge in [-0.2, -0.15) is 0 Å². The lowest BCUT2D eigenvalue weighted by Gasteiger charge is -2.12. The highest BCUT2D eigenvalue weighted by Crippen LogP contribution is 2.18. The van der Waals surface area contributed by atoms with Gasteiger partial charge in [-0.15, -0.1) is 0 Å². The minimum atomic E-state index is -2.07. The number of alkyl halides is 1. The predicted molar refractivity (Wildman–Crippen MR) is 50.3 cm³/mol. The van der Waals surface area contributed by atoms with Crippen molar-refractivity contribution in [2.75, 3.05) is 0 Å². The lowest BCUT2D eigenvalue weighted by molar-refractivity contribution is -0.127. The van der Waals surface area contributed by atoms with Gasteiger partial charge < -0.3 is 0 Å². The van der Waals surface area contributed by atoms with Gasteiger partial charge >= 0.3 is 0 Å². The molecule has 0 N–H and O–H groups in total. The first-order chi connectivity index (χ1) is 6.82. The molecular weight excluding hydrogens is 205 g/mol. The number of carbonyl (C=O) groups is 1. The molecule has 0 unspecified atom stereocenters. The molecule has 0 saturated heterocycles. The van der Waals surface area contributed by atoms with Gasteiger partial charge in [-0.05, 0) is 26.0 Å². The highest BCUT2D eigenvalue weighted by molar-refractivity contribution is 5.88. The van der Waals surface area contributed by atoms with Crippen molar-refractivity contribution in [2.24, 2.45) is 0 Å². The number of ketones is 1. The van der Waals surface area contributed by atoms with Crippen LogP contribution in [0.5, 0.6) is 0 Å². The molecule has 0 saturated carbocycles. The SMILES string of the molecule is CC(C)(F)C(=O)Cc1c(F)cccc1F. The van der Waals surface area contributed by atoms with Crippen LogP contribution in [0.1, 0.15) is 19.4 Å². The van der Waals surface area contributed by atoms with Crippen molar-refractivity contribution in [2.45, 2.75) is 25.9 Å². The van der Waals surface area contributed by atoms with E-state index in [2.05, 4.69) is 0 Å². The average Bonchev–Trinajstić information content (AvgIpc) is 2.09. The minimum Gasteiger partial charge on any atom is -0.296 e. The van der Waals surface area contributed by atoms with E-state index in [0.29, 0.717) is 0 Å². The van der Waals surface area contributed by atoms with Crippen molar-refractivity contribution >= 4 is 5.78 Å². The fourth-order valence-electron chi connectivity index (χ4n) is 1.07. The first kappa shape index (κ1) is 11.8. The van der Waals surface area contributed by atoms with Gasteiger partial charge in [0, 0.05) is 12.0 Å². The van der Waals surface area contributed by atoms with Gasteiger partial charge in [0.15, 0.2) is 11.5 Å². The summed E-state index contributed by atoms with van der Waals surface area (Å²) in [5.41, 5.74) is -2.46. The van der Waals surface area contributed by atoms with E-state index in [9.17, 15) is 18.0 Å². The Morgan fingerprint density at radius 2 is 1.73 bits per heavy atom. The predicted octanol–water partition coefficient (Wildman–Crippen LogP) is 2.82. The zero-order valence-electron chi connectivity index (χ0n) is 8.48. The Balaban J connectivity index is 2.95. The summed E-state index contributed by atoms with van der Waals surface area (Å²) in [5.74, 6) is -2.49. The third-order valence-corrected chi connectivity index (χ3v) is 2.06. The topological polar surface area (TPSA) is 17.1 Å². The molecule has 4 heteroatoms. The zero-order chi connectivity index (χ0) is 11.6. The van der Waals surface area contributed by atoms with Crippen molar-refractivity contribution in [1.29, 1.82) is 0 Å². The van der Waals surface area contributed by atoms with Gasteiger partial charge in [0.1, 0.15) is 11.6 Å². The van der Waals surface area contributed by atoms with Gasteiger partial charge in [-0.3, -0.25) is 4.79 Å². The van der Waals surface area contributed by atoms with E-state index >= 15 is 0 Å². The smallest absolute Gasteiger partial charge is 0.173 e. The Labute approximate surface area is 85.9 Å². The van der Waals surface area contributed by atoms with Gasteiger partial charge in [0.25, 0.3) is 0 Å². The van der Waals surface area contributed by atoms with E-state index in [4.69, 9.17) is 0 Å². The average molecular weight is 216 g/mol. The Kier molecular flexibility index (Phi) is 3.17. The first-order valence-electron chi connectivity index (χ1n) is 4.47. The summed E-state index contributed by atoms with van der Waals surface area (Å²) in [6, 6.07) is 3.27. The van der Waals surface area contributed by atoms with E-state index in [1.54, 1.807) is 0 Å². The molecule has 1 aromatic rings. The molecule has 0 aliphatic rings. The van der Waals surface area contributed by atoms with E-state index in [0.717, 1.165) is 26.0 Å². The molecule has 0 aromatic heterocycles. The van der Waals surface area contributed by atoms with Gasteiger partial charge in [-0.25, -0.2) is 13.2 Å². The first-order valence-corrected chi connectivity index (χ1v) is 4.47. The number of benzene rings is 1. The van der Waals surface area contributed by atoms with Crippen LogP contribution >= 0.6 is 0 Å². The largest absolute Gasteiger partial charge is 0.296 e. The summed E-state index contributed by atoms with van der Waals surface area (Å²) in [6.07, 6.45) is -0.567. The van der Waals surface area contributed by atoms with Crippen molar-refractivity contribution < 1.29 is 18.0 Å². The summed E-state index contributed by atoms with van der Waals surface area (Å²) in [4.78, 5) is 11.2. The lowest BCUT2D eigenvalue weighted by atomic mass is 9.98. The highest BCUT2D eigenvalue weighted by Gasteiger charge is 2.28. The van der Waals surface area contributed by atoms with Crippen LogP contribution in [0.4, 0.5) is 13.2 Å². The standard InChI is InChI=1S/C11H11F3O/c1-11(2,14)10(15)6-7-8(12)4-3-5-9(7)13/h3-5H,6H2,1-2H3. The van der Waals surface area contributed by atoms with Crippen LogP contribution in [0.25, 0.3) is 0 Å². The van der Waals surface area contributed by atoms with Crippen LogP contribution in [-0.2, 0) is 11.2 Å². The number of hydrogen-bond donors (Lipinski definition) is 0. The molecule has 15 heavy (non-hydrogen) atoms. The Morgan fingerprint density at radius 3 is 2.13 bits per heavy atom. The van der Waals surface area contributed by atoms with Gasteiger partial charge in [0.05, 0.1) is 0 Å². The second-order valence-corrected chi connectivity index (χ2v) is 3.77. The molecular formula is C11H11F3O. The summed E-state index contributed by atoms with van der Waals surface area (Å²) in [6.45, 7) is 2.13. The number of carbonyl (C=O) groups excluding carboxylic acids is 1. The monoisotopic (exact) mass is 216 g/mol. The molecule has 0 heterocycles. The second kappa shape index (κ2) is 4.04. The molecule has 0 amide bonds. The van der Waals surface area contributed by atoms with Crippen LogP contribution in [0.3, 0.4) is 0 Å². The number of Topliss-reactive ketones (excluding diaryl/α,β-unsaturated/α-hetero) is 1. The lowest BCUT2D eigenvalue weighted by Crippen LogP contribution is -2.28. The number of rotatable bonds is 3. The third-order valence-electron chi connectivity index (χ3n) is 2.06. The summed E-state index contributed by atoms with van der Waals surface area (Å²) < 4.78 is 39.3. The third kappa shape index (κ3) is 2.81. The van der Waals surface area contributed by atoms with Crippen molar-refractivity contribution in [3.63, 3.8) is 0 Å². The van der Waals surface area contributed by atoms with E-state index < -0.39 is 29.5 Å². The summed E-state index contributed by atoms with van der Waals surface area (Å²) >= 11 is 0. The molecule has 82 valence electrons. The quantitative estimate of drug-likeness (QED) is 0.759. The fourth-order valence-corrected chi connectivity index (χ4v) is 1.07. The number of hydrogen-bond acceptors (Lipinski definition) is 1. The van der Waals surface area contributed by atoms with E-state index in [1.807, 2.05) is 0 Å². The normalized spacial score (nSPS) is 11.5. The number of halogens is 3. The van der Waals surface area contributed by atoms with Gasteiger partial charge in [0.2, 0.25) is 0 Å². The Bertz CT molecular complexity index is 360. The molecule has 0 bridgehead atoms. The molecule has 1 aromatic carbocycles.